The molecule has 5 nitrogen and oxygen atoms in total. The number of likely N-dealkylation sites (tertiary alicyclic amines) is 1. The fraction of sp³-hybridized carbons (Fsp3) is 0.750. The maximum atomic E-state index is 12.1. The summed E-state index contributed by atoms with van der Waals surface area (Å²) in [6.45, 7) is 3.30. The van der Waals surface area contributed by atoms with Gasteiger partial charge in [-0.15, -0.1) is 0 Å². The third-order valence-corrected chi connectivity index (χ3v) is 10.9. The SMILES string of the molecule is CC(=O)CN1CCC[C@H]1c1nc2ccccc2n1[C@H]1C[C@H]2CCC[C@@H](C1)N2[C@@H]1C[C@@H]2CCCC[C@@H](C2)C1. The topological polar surface area (TPSA) is 41.4 Å². The molecule has 4 bridgehead atoms. The first kappa shape index (κ1) is 24.3. The average molecular weight is 503 g/mol. The molecule has 1 aromatic carbocycles. The van der Waals surface area contributed by atoms with Crippen LogP contribution >= 0.6 is 0 Å². The monoisotopic (exact) mass is 502 g/mol. The number of imidazole rings is 1. The van der Waals surface area contributed by atoms with Crippen LogP contribution in [0.4, 0.5) is 0 Å². The maximum Gasteiger partial charge on any atom is 0.143 e. The highest BCUT2D eigenvalue weighted by Gasteiger charge is 2.45. The summed E-state index contributed by atoms with van der Waals surface area (Å²) in [4.78, 5) is 22.8. The predicted molar refractivity (Wildman–Crippen MR) is 149 cm³/mol. The Morgan fingerprint density at radius 2 is 1.54 bits per heavy atom. The van der Waals surface area contributed by atoms with Gasteiger partial charge in [0.05, 0.1) is 23.6 Å². The first-order valence-electron chi connectivity index (χ1n) is 15.6. The van der Waals surface area contributed by atoms with Crippen LogP contribution in [0.3, 0.4) is 0 Å². The molecule has 7 rings (SSSR count). The summed E-state index contributed by atoms with van der Waals surface area (Å²) in [5, 5.41) is 0. The van der Waals surface area contributed by atoms with E-state index in [0.717, 1.165) is 54.9 Å². The van der Waals surface area contributed by atoms with Crippen LogP contribution in [0.2, 0.25) is 0 Å². The first-order valence-corrected chi connectivity index (χ1v) is 15.6. The average Bonchev–Trinajstić information content (AvgIpc) is 3.45. The zero-order valence-corrected chi connectivity index (χ0v) is 22.9. The van der Waals surface area contributed by atoms with E-state index in [9.17, 15) is 4.79 Å². The Balaban J connectivity index is 1.20. The molecular weight excluding hydrogens is 456 g/mol. The molecule has 7 atom stereocenters. The lowest BCUT2D eigenvalue weighted by atomic mass is 9.73. The fourth-order valence-electron chi connectivity index (χ4n) is 9.58. The highest BCUT2D eigenvalue weighted by Crippen LogP contribution is 2.48. The summed E-state index contributed by atoms with van der Waals surface area (Å²) in [5.41, 5.74) is 2.45. The van der Waals surface area contributed by atoms with E-state index in [-0.39, 0.29) is 11.8 Å². The third-order valence-electron chi connectivity index (χ3n) is 10.9. The van der Waals surface area contributed by atoms with Gasteiger partial charge in [0.2, 0.25) is 0 Å². The Morgan fingerprint density at radius 3 is 2.27 bits per heavy atom. The molecule has 1 aromatic heterocycles. The first-order chi connectivity index (χ1) is 18.1. The molecule has 0 amide bonds. The van der Waals surface area contributed by atoms with E-state index in [4.69, 9.17) is 4.98 Å². The van der Waals surface area contributed by atoms with Crippen molar-refractivity contribution in [2.24, 2.45) is 11.8 Å². The molecule has 2 aromatic rings. The summed E-state index contributed by atoms with van der Waals surface area (Å²) < 4.78 is 2.67. The van der Waals surface area contributed by atoms with E-state index >= 15 is 0 Å². The van der Waals surface area contributed by atoms with Crippen molar-refractivity contribution in [3.05, 3.63) is 30.1 Å². The molecule has 2 saturated carbocycles. The maximum absolute atomic E-state index is 12.1. The van der Waals surface area contributed by atoms with Gasteiger partial charge in [-0.05, 0) is 95.2 Å². The molecule has 5 fully saturated rings. The number of hydrogen-bond acceptors (Lipinski definition) is 4. The van der Waals surface area contributed by atoms with Crippen molar-refractivity contribution in [2.45, 2.75) is 127 Å². The molecule has 37 heavy (non-hydrogen) atoms. The van der Waals surface area contributed by atoms with Gasteiger partial charge in [0, 0.05) is 24.2 Å². The molecule has 4 heterocycles. The molecule has 0 spiro atoms. The number of Topliss-reactive ketones (excluding diaryl/α,β-unsaturated/α-hetero) is 1. The number of ketones is 1. The van der Waals surface area contributed by atoms with Gasteiger partial charge in [-0.25, -0.2) is 4.98 Å². The van der Waals surface area contributed by atoms with Crippen molar-refractivity contribution in [3.8, 4) is 0 Å². The minimum atomic E-state index is 0.269. The number of hydrogen-bond donors (Lipinski definition) is 0. The third kappa shape index (κ3) is 4.58. The number of aromatic nitrogens is 2. The minimum Gasteiger partial charge on any atom is -0.323 e. The Bertz CT molecular complexity index is 1100. The lowest BCUT2D eigenvalue weighted by Crippen LogP contribution is -2.58. The zero-order valence-electron chi connectivity index (χ0n) is 22.9. The standard InChI is InChI=1S/C32H46N4O/c1-22(37)21-34-15-7-14-31(34)32-33-29-12-4-5-13-30(29)36(32)28-19-25-10-6-11-26(20-28)35(25)27-17-23-8-2-3-9-24(16-23)18-27/h4-5,12-13,23-28,31H,2-3,6-11,14-21H2,1H3/t23-,24+,25-,26+,27-,28+,31-/m0/s1. The van der Waals surface area contributed by atoms with Gasteiger partial charge in [-0.1, -0.05) is 44.2 Å². The van der Waals surface area contributed by atoms with Crippen molar-refractivity contribution in [1.82, 2.24) is 19.4 Å². The molecule has 0 radical (unpaired) electrons. The number of carbonyl (C=O) groups is 1. The van der Waals surface area contributed by atoms with Crippen LogP contribution in [0.1, 0.15) is 115 Å². The molecule has 0 unspecified atom stereocenters. The van der Waals surface area contributed by atoms with Crippen LogP contribution in [0.5, 0.6) is 0 Å². The highest BCUT2D eigenvalue weighted by molar-refractivity contribution is 5.78. The summed E-state index contributed by atoms with van der Waals surface area (Å²) in [7, 11) is 0. The summed E-state index contributed by atoms with van der Waals surface area (Å²) in [6, 6.07) is 11.9. The van der Waals surface area contributed by atoms with Gasteiger partial charge in [0.25, 0.3) is 0 Å². The van der Waals surface area contributed by atoms with Crippen molar-refractivity contribution >= 4 is 16.8 Å². The largest absolute Gasteiger partial charge is 0.323 e. The van der Waals surface area contributed by atoms with Crippen LogP contribution in [0.15, 0.2) is 24.3 Å². The fourth-order valence-corrected chi connectivity index (χ4v) is 9.58. The van der Waals surface area contributed by atoms with Crippen LogP contribution < -0.4 is 0 Å². The predicted octanol–water partition coefficient (Wildman–Crippen LogP) is 6.68. The van der Waals surface area contributed by atoms with E-state index in [1.54, 1.807) is 6.92 Å². The van der Waals surface area contributed by atoms with E-state index in [1.165, 1.54) is 88.4 Å². The smallest absolute Gasteiger partial charge is 0.143 e. The number of piperidine rings is 2. The molecular formula is C32H46N4O. The molecule has 5 aliphatic rings. The number of carbonyl (C=O) groups excluding carboxylic acids is 1. The summed E-state index contributed by atoms with van der Waals surface area (Å²) in [6.07, 6.45) is 19.4. The van der Waals surface area contributed by atoms with Gasteiger partial charge in [0.15, 0.2) is 0 Å². The second-order valence-electron chi connectivity index (χ2n) is 13.3. The van der Waals surface area contributed by atoms with Gasteiger partial charge < -0.3 is 4.57 Å². The quantitative estimate of drug-likeness (QED) is 0.457. The molecule has 2 aliphatic carbocycles. The Morgan fingerprint density at radius 1 is 0.811 bits per heavy atom. The summed E-state index contributed by atoms with van der Waals surface area (Å²) >= 11 is 0. The van der Waals surface area contributed by atoms with E-state index in [2.05, 4.69) is 38.6 Å². The van der Waals surface area contributed by atoms with Gasteiger partial charge in [-0.3, -0.25) is 14.6 Å². The lowest BCUT2D eigenvalue weighted by Gasteiger charge is -2.55. The Hall–Kier alpha value is -1.72. The molecule has 3 aliphatic heterocycles. The van der Waals surface area contributed by atoms with Gasteiger partial charge >= 0.3 is 0 Å². The number of para-hydroxylation sites is 2. The normalized spacial score (nSPS) is 37.1. The lowest BCUT2D eigenvalue weighted by molar-refractivity contribution is -0.118. The van der Waals surface area contributed by atoms with Crippen molar-refractivity contribution < 1.29 is 4.79 Å². The summed E-state index contributed by atoms with van der Waals surface area (Å²) in [5.74, 6) is 3.48. The molecule has 5 heteroatoms. The number of fused-ring (bicyclic) bond motifs is 5. The minimum absolute atomic E-state index is 0.269. The Kier molecular flexibility index (Phi) is 6.65. The van der Waals surface area contributed by atoms with Crippen LogP contribution in [-0.4, -0.2) is 56.3 Å². The van der Waals surface area contributed by atoms with Crippen molar-refractivity contribution in [3.63, 3.8) is 0 Å². The van der Waals surface area contributed by atoms with Gasteiger partial charge in [-0.2, -0.15) is 0 Å². The number of benzene rings is 1. The number of nitrogens with zero attached hydrogens (tertiary/aromatic N) is 4. The van der Waals surface area contributed by atoms with Crippen LogP contribution in [0.25, 0.3) is 11.0 Å². The second kappa shape index (κ2) is 10.1. The van der Waals surface area contributed by atoms with Gasteiger partial charge in [0.1, 0.15) is 11.6 Å². The van der Waals surface area contributed by atoms with Crippen molar-refractivity contribution in [1.29, 1.82) is 0 Å². The second-order valence-corrected chi connectivity index (χ2v) is 13.3. The van der Waals surface area contributed by atoms with Crippen molar-refractivity contribution in [2.75, 3.05) is 13.1 Å². The van der Waals surface area contributed by atoms with Crippen LogP contribution in [-0.2, 0) is 4.79 Å². The number of rotatable bonds is 5. The van der Waals surface area contributed by atoms with E-state index in [0.29, 0.717) is 12.6 Å². The van der Waals surface area contributed by atoms with E-state index in [1.807, 2.05) is 0 Å². The van der Waals surface area contributed by atoms with Crippen LogP contribution in [0, 0.1) is 11.8 Å². The van der Waals surface area contributed by atoms with E-state index < -0.39 is 0 Å². The molecule has 3 saturated heterocycles. The molecule has 200 valence electrons. The molecule has 0 N–H and O–H groups in total. The highest BCUT2D eigenvalue weighted by atomic mass is 16.1. The zero-order chi connectivity index (χ0) is 24.9. The Labute approximate surface area is 223 Å².